The normalized spacial score (nSPS) is 14.5. The molecule has 2 rings (SSSR count). The molecule has 2 unspecified atom stereocenters. The maximum Gasteiger partial charge on any atom is 0.267 e. The summed E-state index contributed by atoms with van der Waals surface area (Å²) in [6.45, 7) is 14.0. The van der Waals surface area contributed by atoms with Gasteiger partial charge < -0.3 is 9.72 Å². The van der Waals surface area contributed by atoms with Crippen LogP contribution in [0.25, 0.3) is 11.7 Å². The minimum absolute atomic E-state index is 0.0755. The summed E-state index contributed by atoms with van der Waals surface area (Å²) in [5, 5.41) is 12.4. The number of nitrogens with one attached hydrogen (secondary N) is 2. The molecule has 0 saturated heterocycles. The molecule has 2 atom stereocenters. The van der Waals surface area contributed by atoms with E-state index in [0.29, 0.717) is 12.0 Å². The summed E-state index contributed by atoms with van der Waals surface area (Å²) in [5.74, 6) is 0.0656. The first kappa shape index (κ1) is 22.1. The van der Waals surface area contributed by atoms with E-state index in [2.05, 4.69) is 51.3 Å². The number of hydrogen-bond donors (Lipinski definition) is 3. The first-order valence-corrected chi connectivity index (χ1v) is 10.1. The molecule has 0 bridgehead atoms. The monoisotopic (exact) mass is 386 g/mol. The molecule has 2 heterocycles. The lowest BCUT2D eigenvalue weighted by molar-refractivity contribution is -0.124. The molecule has 0 aliphatic heterocycles. The van der Waals surface area contributed by atoms with Crippen molar-refractivity contribution in [3.8, 4) is 0 Å². The van der Waals surface area contributed by atoms with Gasteiger partial charge in [0.1, 0.15) is 5.65 Å². The van der Waals surface area contributed by atoms with Crippen molar-refractivity contribution in [3.05, 3.63) is 41.4 Å². The number of carbonyl (C=O) groups is 1. The van der Waals surface area contributed by atoms with Crippen LogP contribution < -0.4 is 10.8 Å². The molecule has 0 aromatic carbocycles. The van der Waals surface area contributed by atoms with Crippen molar-refractivity contribution in [1.29, 1.82) is 0 Å². The summed E-state index contributed by atoms with van der Waals surface area (Å²) in [4.78, 5) is 16.1. The highest BCUT2D eigenvalue weighted by Gasteiger charge is 2.24. The number of rotatable bonds is 8. The number of pyridine rings is 1. The minimum atomic E-state index is -0.556. The van der Waals surface area contributed by atoms with Gasteiger partial charge in [0.05, 0.1) is 11.4 Å². The lowest BCUT2D eigenvalue weighted by atomic mass is 9.90. The molecule has 1 amide bonds. The van der Waals surface area contributed by atoms with Gasteiger partial charge in [-0.25, -0.2) is 10.5 Å². The van der Waals surface area contributed by atoms with E-state index in [0.717, 1.165) is 36.3 Å². The van der Waals surface area contributed by atoms with Crippen LogP contribution in [0.1, 0.15) is 71.3 Å². The molecule has 2 aromatic heterocycles. The molecule has 0 fully saturated rings. The Kier molecular flexibility index (Phi) is 7.38. The Labute approximate surface area is 168 Å². The summed E-state index contributed by atoms with van der Waals surface area (Å²) < 4.78 is 2.13. The van der Waals surface area contributed by atoms with Crippen LogP contribution in [-0.4, -0.2) is 26.5 Å². The van der Waals surface area contributed by atoms with E-state index >= 15 is 0 Å². The average molecular weight is 387 g/mol. The Morgan fingerprint density at radius 1 is 1.32 bits per heavy atom. The minimum Gasteiger partial charge on any atom is -0.308 e. The second kappa shape index (κ2) is 9.34. The quantitative estimate of drug-likeness (QED) is 0.363. The largest absolute Gasteiger partial charge is 0.308 e. The zero-order valence-corrected chi connectivity index (χ0v) is 17.9. The molecular weight excluding hydrogens is 352 g/mol. The van der Waals surface area contributed by atoms with E-state index in [4.69, 9.17) is 10.2 Å². The summed E-state index contributed by atoms with van der Waals surface area (Å²) >= 11 is 0. The van der Waals surface area contributed by atoms with Gasteiger partial charge in [-0.05, 0) is 36.1 Å². The number of hydrogen-bond acceptors (Lipinski definition) is 4. The molecular formula is C22H34N4O2. The van der Waals surface area contributed by atoms with Gasteiger partial charge in [-0.15, -0.1) is 0 Å². The molecule has 154 valence electrons. The van der Waals surface area contributed by atoms with E-state index in [1.807, 2.05) is 18.3 Å². The zero-order chi connectivity index (χ0) is 20.9. The van der Waals surface area contributed by atoms with Crippen molar-refractivity contribution in [2.24, 2.45) is 5.92 Å². The topological polar surface area (TPSA) is 78.7 Å². The second-order valence-electron chi connectivity index (χ2n) is 8.44. The number of hydroxylamine groups is 1. The van der Waals surface area contributed by atoms with Crippen molar-refractivity contribution >= 4 is 17.6 Å². The number of nitrogens with zero attached hydrogens (tertiary/aromatic N) is 2. The van der Waals surface area contributed by atoms with Gasteiger partial charge in [0.25, 0.3) is 5.91 Å². The third kappa shape index (κ3) is 5.20. The van der Waals surface area contributed by atoms with Gasteiger partial charge in [-0.3, -0.25) is 10.0 Å². The van der Waals surface area contributed by atoms with Crippen molar-refractivity contribution < 1.29 is 10.0 Å². The fraction of sp³-hybridized carbons (Fsp3) is 0.545. The highest BCUT2D eigenvalue weighted by Crippen LogP contribution is 2.27. The molecule has 6 heteroatoms. The Morgan fingerprint density at radius 3 is 2.61 bits per heavy atom. The molecule has 3 N–H and O–H groups in total. The number of amides is 1. The second-order valence-corrected chi connectivity index (χ2v) is 8.44. The average Bonchev–Trinajstić information content (AvgIpc) is 3.04. The SMILES string of the molecule is CCC(C)C(CC)NCc1c(C(C)(C)C)nc2cc(/C=C/C(=O)NO)ccn12. The lowest BCUT2D eigenvalue weighted by Gasteiger charge is -2.24. The van der Waals surface area contributed by atoms with Crippen LogP contribution in [0.5, 0.6) is 0 Å². The van der Waals surface area contributed by atoms with E-state index < -0.39 is 5.91 Å². The molecule has 28 heavy (non-hydrogen) atoms. The Morgan fingerprint density at radius 2 is 2.04 bits per heavy atom. The molecule has 0 saturated carbocycles. The predicted molar refractivity (Wildman–Crippen MR) is 113 cm³/mol. The Bertz CT molecular complexity index is 833. The van der Waals surface area contributed by atoms with Crippen molar-refractivity contribution in [2.75, 3.05) is 0 Å². The first-order chi connectivity index (χ1) is 13.2. The van der Waals surface area contributed by atoms with Gasteiger partial charge in [0.2, 0.25) is 0 Å². The van der Waals surface area contributed by atoms with Gasteiger partial charge in [0, 0.05) is 30.3 Å². The van der Waals surface area contributed by atoms with Crippen LogP contribution in [0.2, 0.25) is 0 Å². The lowest BCUT2D eigenvalue weighted by Crippen LogP contribution is -2.34. The maximum absolute atomic E-state index is 11.2. The number of carbonyl (C=O) groups excluding carboxylic acids is 1. The van der Waals surface area contributed by atoms with E-state index in [-0.39, 0.29) is 5.41 Å². The van der Waals surface area contributed by atoms with Crippen molar-refractivity contribution in [2.45, 2.75) is 72.4 Å². The zero-order valence-electron chi connectivity index (χ0n) is 17.9. The number of fused-ring (bicyclic) bond motifs is 1. The fourth-order valence-corrected chi connectivity index (χ4v) is 3.45. The summed E-state index contributed by atoms with van der Waals surface area (Å²) in [5.41, 5.74) is 5.48. The fourth-order valence-electron chi connectivity index (χ4n) is 3.45. The van der Waals surface area contributed by atoms with E-state index in [1.165, 1.54) is 11.8 Å². The van der Waals surface area contributed by atoms with Crippen LogP contribution in [0, 0.1) is 5.92 Å². The van der Waals surface area contributed by atoms with Crippen molar-refractivity contribution in [1.82, 2.24) is 20.2 Å². The van der Waals surface area contributed by atoms with Gasteiger partial charge >= 0.3 is 0 Å². The molecule has 0 spiro atoms. The van der Waals surface area contributed by atoms with Crippen LogP contribution in [-0.2, 0) is 16.8 Å². The number of aromatic nitrogens is 2. The van der Waals surface area contributed by atoms with E-state index in [9.17, 15) is 4.79 Å². The maximum atomic E-state index is 11.2. The number of imidazole rings is 1. The van der Waals surface area contributed by atoms with Crippen LogP contribution in [0.4, 0.5) is 0 Å². The summed E-state index contributed by atoms with van der Waals surface area (Å²) in [7, 11) is 0. The molecule has 0 aliphatic carbocycles. The summed E-state index contributed by atoms with van der Waals surface area (Å²) in [6, 6.07) is 4.37. The molecule has 0 radical (unpaired) electrons. The Balaban J connectivity index is 2.39. The molecule has 2 aromatic rings. The van der Waals surface area contributed by atoms with Crippen molar-refractivity contribution in [3.63, 3.8) is 0 Å². The summed E-state index contributed by atoms with van der Waals surface area (Å²) in [6.07, 6.45) is 7.19. The molecule has 6 nitrogen and oxygen atoms in total. The highest BCUT2D eigenvalue weighted by atomic mass is 16.5. The first-order valence-electron chi connectivity index (χ1n) is 10.1. The third-order valence-corrected chi connectivity index (χ3v) is 5.30. The van der Waals surface area contributed by atoms with E-state index in [1.54, 1.807) is 11.6 Å². The third-order valence-electron chi connectivity index (χ3n) is 5.30. The Hall–Kier alpha value is -2.18. The van der Waals surface area contributed by atoms with Crippen LogP contribution in [0.15, 0.2) is 24.4 Å². The molecule has 0 aliphatic rings. The predicted octanol–water partition coefficient (Wildman–Crippen LogP) is 4.06. The highest BCUT2D eigenvalue weighted by molar-refractivity contribution is 5.90. The van der Waals surface area contributed by atoms with Gasteiger partial charge in [-0.2, -0.15) is 0 Å². The standard InChI is InChI=1S/C22H34N4O2/c1-7-15(3)17(8-2)23-14-18-21(22(4,5)6)24-19-13-16(11-12-26(18)19)9-10-20(27)25-28/h9-13,15,17,23,28H,7-8,14H2,1-6H3,(H,25,27)/b10-9+. The van der Waals surface area contributed by atoms with Crippen LogP contribution in [0.3, 0.4) is 0 Å². The van der Waals surface area contributed by atoms with Gasteiger partial charge in [0.15, 0.2) is 0 Å². The van der Waals surface area contributed by atoms with Gasteiger partial charge in [-0.1, -0.05) is 48.0 Å². The smallest absolute Gasteiger partial charge is 0.267 e. The van der Waals surface area contributed by atoms with Crippen LogP contribution >= 0.6 is 0 Å².